The van der Waals surface area contributed by atoms with Crippen molar-refractivity contribution in [2.75, 3.05) is 19.0 Å². The second-order valence-corrected chi connectivity index (χ2v) is 8.96. The van der Waals surface area contributed by atoms with E-state index >= 15 is 0 Å². The molecule has 1 aliphatic rings. The van der Waals surface area contributed by atoms with Crippen molar-refractivity contribution < 1.29 is 13.9 Å². The molecule has 0 radical (unpaired) electrons. The maximum Gasteiger partial charge on any atom is 0.226 e. The molecule has 9 heteroatoms. The number of pyridine rings is 1. The van der Waals surface area contributed by atoms with Gasteiger partial charge in [0.05, 0.1) is 36.3 Å². The first-order valence-electron chi connectivity index (χ1n) is 11.9. The number of amides is 1. The first-order chi connectivity index (χ1) is 18.1. The van der Waals surface area contributed by atoms with Crippen LogP contribution in [0, 0.1) is 5.82 Å². The monoisotopic (exact) mass is 515 g/mol. The molecule has 0 aliphatic carbocycles. The van der Waals surface area contributed by atoms with Crippen molar-refractivity contribution in [1.29, 1.82) is 0 Å². The molecule has 37 heavy (non-hydrogen) atoms. The van der Waals surface area contributed by atoms with Crippen LogP contribution in [-0.4, -0.2) is 39.1 Å². The van der Waals surface area contributed by atoms with Gasteiger partial charge < -0.3 is 24.8 Å². The van der Waals surface area contributed by atoms with Crippen LogP contribution in [0.25, 0.3) is 5.69 Å². The summed E-state index contributed by atoms with van der Waals surface area (Å²) < 4.78 is 21.7. The average Bonchev–Trinajstić information content (AvgIpc) is 3.53. The number of hydrogen-bond acceptors (Lipinski definition) is 4. The van der Waals surface area contributed by atoms with Crippen molar-refractivity contribution >= 4 is 28.9 Å². The van der Waals surface area contributed by atoms with Gasteiger partial charge in [-0.15, -0.1) is 0 Å². The quantitative estimate of drug-likeness (QED) is 0.321. The molecule has 4 aromatic rings. The number of methoxy groups -OCH3 is 1. The molecule has 2 unspecified atom stereocenters. The molecule has 0 spiro atoms. The number of carbonyl (C=O) groups excluding carboxylic acids is 1. The topological polar surface area (TPSA) is 71.4 Å². The molecule has 0 saturated carbocycles. The maximum absolute atomic E-state index is 14.0. The van der Waals surface area contributed by atoms with Crippen LogP contribution in [-0.2, 0) is 4.79 Å². The fourth-order valence-electron chi connectivity index (χ4n) is 4.65. The molecule has 5 rings (SSSR count). The summed E-state index contributed by atoms with van der Waals surface area (Å²) in [6.45, 7) is 0.331. The number of benzene rings is 2. The fourth-order valence-corrected chi connectivity index (χ4v) is 4.98. The third-order valence-electron chi connectivity index (χ3n) is 6.35. The highest BCUT2D eigenvalue weighted by atomic mass is 32.1. The SMILES string of the molecule is COc1ccccc1-n1cccc1C1C(c2ccccn2)NC(=S)N1CCC(=O)Nc1ccccc1F. The molecule has 188 valence electrons. The first kappa shape index (κ1) is 24.5. The zero-order valence-electron chi connectivity index (χ0n) is 20.2. The Morgan fingerprint density at radius 2 is 1.86 bits per heavy atom. The Kier molecular flexibility index (Phi) is 7.14. The van der Waals surface area contributed by atoms with Crippen LogP contribution in [0.1, 0.15) is 29.9 Å². The van der Waals surface area contributed by atoms with Crippen molar-refractivity contribution in [2.45, 2.75) is 18.5 Å². The number of nitrogens with one attached hydrogen (secondary N) is 2. The van der Waals surface area contributed by atoms with Gasteiger partial charge in [0.1, 0.15) is 11.6 Å². The normalized spacial score (nSPS) is 16.9. The molecule has 2 N–H and O–H groups in total. The largest absolute Gasteiger partial charge is 0.495 e. The fraction of sp³-hybridized carbons (Fsp3) is 0.179. The van der Waals surface area contributed by atoms with Crippen molar-refractivity contribution in [1.82, 2.24) is 19.8 Å². The van der Waals surface area contributed by atoms with Crippen molar-refractivity contribution in [2.24, 2.45) is 0 Å². The third kappa shape index (κ3) is 5.03. The molecule has 3 heterocycles. The second kappa shape index (κ2) is 10.8. The van der Waals surface area contributed by atoms with Crippen LogP contribution in [0.5, 0.6) is 5.75 Å². The Morgan fingerprint density at radius 3 is 2.65 bits per heavy atom. The Bertz CT molecular complexity index is 1410. The molecule has 2 aromatic heterocycles. The second-order valence-electron chi connectivity index (χ2n) is 8.57. The van der Waals surface area contributed by atoms with Gasteiger partial charge in [-0.05, 0) is 60.7 Å². The number of anilines is 1. The predicted octanol–water partition coefficient (Wildman–Crippen LogP) is 5.02. The summed E-state index contributed by atoms with van der Waals surface area (Å²) in [5.74, 6) is -0.0383. The molecule has 0 bridgehead atoms. The van der Waals surface area contributed by atoms with E-state index in [1.807, 2.05) is 65.7 Å². The highest BCUT2D eigenvalue weighted by molar-refractivity contribution is 7.80. The lowest BCUT2D eigenvalue weighted by Crippen LogP contribution is -2.33. The Hall–Kier alpha value is -4.24. The number of carbonyl (C=O) groups is 1. The minimum Gasteiger partial charge on any atom is -0.495 e. The van der Waals surface area contributed by atoms with Gasteiger partial charge in [-0.1, -0.05) is 30.3 Å². The summed E-state index contributed by atoms with van der Waals surface area (Å²) in [6, 6.07) is 23.2. The summed E-state index contributed by atoms with van der Waals surface area (Å²) in [5.41, 5.74) is 2.84. The molecule has 1 saturated heterocycles. The van der Waals surface area contributed by atoms with Gasteiger partial charge in [0.25, 0.3) is 0 Å². The Labute approximate surface area is 219 Å². The van der Waals surface area contributed by atoms with Gasteiger partial charge in [-0.3, -0.25) is 9.78 Å². The highest BCUT2D eigenvalue weighted by Crippen LogP contribution is 2.40. The molecule has 2 atom stereocenters. The smallest absolute Gasteiger partial charge is 0.226 e. The lowest BCUT2D eigenvalue weighted by molar-refractivity contribution is -0.116. The number of nitrogens with zero attached hydrogens (tertiary/aromatic N) is 3. The first-order valence-corrected chi connectivity index (χ1v) is 12.3. The van der Waals surface area contributed by atoms with Crippen molar-refractivity contribution in [3.05, 3.63) is 108 Å². The minimum atomic E-state index is -0.475. The Morgan fingerprint density at radius 1 is 1.08 bits per heavy atom. The van der Waals surface area contributed by atoms with Gasteiger partial charge in [0.15, 0.2) is 5.11 Å². The summed E-state index contributed by atoms with van der Waals surface area (Å²) in [7, 11) is 1.64. The van der Waals surface area contributed by atoms with Crippen molar-refractivity contribution in [3.63, 3.8) is 0 Å². The maximum atomic E-state index is 14.0. The Balaban J connectivity index is 1.47. The van der Waals surface area contributed by atoms with E-state index in [0.29, 0.717) is 11.7 Å². The van der Waals surface area contributed by atoms with Crippen molar-refractivity contribution in [3.8, 4) is 11.4 Å². The lowest BCUT2D eigenvalue weighted by atomic mass is 10.0. The molecule has 1 aliphatic heterocycles. The van der Waals surface area contributed by atoms with E-state index < -0.39 is 5.82 Å². The average molecular weight is 516 g/mol. The van der Waals surface area contributed by atoms with E-state index in [0.717, 1.165) is 22.8 Å². The van der Waals surface area contributed by atoms with Gasteiger partial charge in [0, 0.05) is 31.1 Å². The number of hydrogen-bond donors (Lipinski definition) is 2. The zero-order chi connectivity index (χ0) is 25.8. The van der Waals surface area contributed by atoms with Crippen LogP contribution < -0.4 is 15.4 Å². The van der Waals surface area contributed by atoms with Crippen LogP contribution >= 0.6 is 12.2 Å². The summed E-state index contributed by atoms with van der Waals surface area (Å²) in [4.78, 5) is 19.3. The zero-order valence-corrected chi connectivity index (χ0v) is 21.0. The van der Waals surface area contributed by atoms with Crippen LogP contribution in [0.2, 0.25) is 0 Å². The number of thiocarbonyl (C=S) groups is 1. The van der Waals surface area contributed by atoms with E-state index in [4.69, 9.17) is 17.0 Å². The highest BCUT2D eigenvalue weighted by Gasteiger charge is 2.41. The predicted molar refractivity (Wildman–Crippen MR) is 144 cm³/mol. The standard InChI is InChI=1S/C28H26FN5O2S/c1-36-24-14-5-4-12-22(24)33-17-8-13-23(33)27-26(21-11-6-7-16-30-21)32-28(37)34(27)18-15-25(35)31-20-10-3-2-9-19(20)29/h2-14,16-17,26-27H,15,18H2,1H3,(H,31,35)(H,32,37). The van der Waals surface area contributed by atoms with E-state index in [1.54, 1.807) is 25.4 Å². The summed E-state index contributed by atoms with van der Waals surface area (Å²) in [6.07, 6.45) is 3.85. The third-order valence-corrected chi connectivity index (χ3v) is 6.71. The van der Waals surface area contributed by atoms with E-state index in [-0.39, 0.29) is 30.1 Å². The molecule has 1 amide bonds. The molecule has 1 fully saturated rings. The van der Waals surface area contributed by atoms with Gasteiger partial charge in [-0.25, -0.2) is 4.39 Å². The number of ether oxygens (including phenoxy) is 1. The summed E-state index contributed by atoms with van der Waals surface area (Å²) >= 11 is 5.74. The van der Waals surface area contributed by atoms with Crippen LogP contribution in [0.15, 0.2) is 91.3 Å². The number of halogens is 1. The number of rotatable bonds is 8. The molecular weight excluding hydrogens is 489 g/mol. The summed E-state index contributed by atoms with van der Waals surface area (Å²) in [5, 5.41) is 6.58. The van der Waals surface area contributed by atoms with E-state index in [2.05, 4.69) is 20.2 Å². The van der Waals surface area contributed by atoms with Gasteiger partial charge in [-0.2, -0.15) is 0 Å². The molecule has 2 aromatic carbocycles. The lowest BCUT2D eigenvalue weighted by Gasteiger charge is -2.29. The number of para-hydroxylation sites is 3. The van der Waals surface area contributed by atoms with Gasteiger partial charge >= 0.3 is 0 Å². The molecule has 7 nitrogen and oxygen atoms in total. The number of aromatic nitrogens is 2. The molecular formula is C28H26FN5O2S. The van der Waals surface area contributed by atoms with E-state index in [9.17, 15) is 9.18 Å². The van der Waals surface area contributed by atoms with Gasteiger partial charge in [0.2, 0.25) is 5.91 Å². The van der Waals surface area contributed by atoms with Crippen LogP contribution in [0.3, 0.4) is 0 Å². The van der Waals surface area contributed by atoms with Crippen LogP contribution in [0.4, 0.5) is 10.1 Å². The van der Waals surface area contributed by atoms with E-state index in [1.165, 1.54) is 12.1 Å². The minimum absolute atomic E-state index is 0.122.